The molecule has 6 nitrogen and oxygen atoms in total. The second kappa shape index (κ2) is 54.9. The minimum atomic E-state index is -0.821. The fraction of sp³-hybridized carbons (Fsp3) is 0.689. The van der Waals surface area contributed by atoms with Gasteiger partial charge < -0.3 is 14.2 Å². The van der Waals surface area contributed by atoms with Gasteiger partial charge in [0.15, 0.2) is 6.10 Å². The number of rotatable bonds is 49. The maximum Gasteiger partial charge on any atom is 0.306 e. The van der Waals surface area contributed by atoms with Crippen molar-refractivity contribution in [1.29, 1.82) is 0 Å². The summed E-state index contributed by atoms with van der Waals surface area (Å²) in [4.78, 5) is 38.0. The highest BCUT2D eigenvalue weighted by atomic mass is 16.6. The number of hydrogen-bond acceptors (Lipinski definition) is 6. The Hall–Kier alpha value is -3.67. The van der Waals surface area contributed by atoms with Crippen molar-refractivity contribution in [1.82, 2.24) is 0 Å². The molecule has 67 heavy (non-hydrogen) atoms. The van der Waals surface area contributed by atoms with Gasteiger partial charge in [-0.05, 0) is 89.9 Å². The van der Waals surface area contributed by atoms with Gasteiger partial charge in [0.1, 0.15) is 13.2 Å². The molecular formula is C61H102O6. The van der Waals surface area contributed by atoms with Crippen molar-refractivity contribution in [2.24, 2.45) is 0 Å². The van der Waals surface area contributed by atoms with Crippen LogP contribution in [0, 0.1) is 0 Å². The predicted molar refractivity (Wildman–Crippen MR) is 288 cm³/mol. The molecule has 0 aliphatic heterocycles. The first-order valence-electron chi connectivity index (χ1n) is 27.8. The van der Waals surface area contributed by atoms with Gasteiger partial charge in [-0.3, -0.25) is 14.4 Å². The van der Waals surface area contributed by atoms with Crippen LogP contribution in [0.1, 0.15) is 252 Å². The lowest BCUT2D eigenvalue weighted by Gasteiger charge is -2.18. The first-order valence-corrected chi connectivity index (χ1v) is 27.8. The van der Waals surface area contributed by atoms with Gasteiger partial charge in [-0.25, -0.2) is 0 Å². The topological polar surface area (TPSA) is 78.9 Å². The Bertz CT molecular complexity index is 1350. The van der Waals surface area contributed by atoms with Gasteiger partial charge >= 0.3 is 17.9 Å². The van der Waals surface area contributed by atoms with Crippen molar-refractivity contribution in [2.45, 2.75) is 258 Å². The molecule has 1 atom stereocenters. The van der Waals surface area contributed by atoms with Crippen LogP contribution in [0.2, 0.25) is 0 Å². The smallest absolute Gasteiger partial charge is 0.306 e. The van der Waals surface area contributed by atoms with Gasteiger partial charge in [-0.2, -0.15) is 0 Å². The minimum absolute atomic E-state index is 0.115. The number of unbranched alkanes of at least 4 members (excludes halogenated alkanes) is 26. The van der Waals surface area contributed by atoms with Crippen LogP contribution in [0.4, 0.5) is 0 Å². The van der Waals surface area contributed by atoms with Crippen LogP contribution in [0.15, 0.2) is 97.2 Å². The van der Waals surface area contributed by atoms with Gasteiger partial charge in [0.2, 0.25) is 0 Å². The second-order valence-corrected chi connectivity index (χ2v) is 18.3. The molecule has 0 heterocycles. The molecule has 6 heteroatoms. The molecule has 0 aromatic rings. The van der Waals surface area contributed by atoms with Gasteiger partial charge in [-0.15, -0.1) is 0 Å². The number of allylic oxidation sites excluding steroid dienone is 16. The fourth-order valence-corrected chi connectivity index (χ4v) is 7.44. The van der Waals surface area contributed by atoms with Crippen molar-refractivity contribution in [3.63, 3.8) is 0 Å². The third kappa shape index (κ3) is 53.2. The highest BCUT2D eigenvalue weighted by molar-refractivity contribution is 5.71. The summed E-state index contributed by atoms with van der Waals surface area (Å²) in [5.41, 5.74) is 0. The zero-order valence-electron chi connectivity index (χ0n) is 43.6. The molecule has 0 spiro atoms. The standard InChI is InChI=1S/C61H102O6/c1-4-7-10-13-16-19-22-25-27-29-31-33-36-39-42-45-48-51-54-60(63)66-57-58(56-65-59(62)53-50-47-44-41-38-35-24-21-18-15-12-9-6-3)67-61(64)55-52-49-46-43-40-37-34-32-30-28-26-23-20-17-14-11-8-5-2/h22-23,25-35,38,44,47,58H,4-21,24,36-37,39-43,45-46,48-57H2,1-3H3/b25-22-,26-23-,29-27-,30-28-,33-31-,34-32-,38-35-,47-44-. The molecule has 0 aromatic carbocycles. The van der Waals surface area contributed by atoms with E-state index in [1.165, 1.54) is 103 Å². The van der Waals surface area contributed by atoms with Crippen LogP contribution in [0.25, 0.3) is 0 Å². The van der Waals surface area contributed by atoms with E-state index in [1.54, 1.807) is 0 Å². The van der Waals surface area contributed by atoms with Gasteiger partial charge in [0.25, 0.3) is 0 Å². The van der Waals surface area contributed by atoms with Crippen LogP contribution in [0.3, 0.4) is 0 Å². The molecule has 382 valence electrons. The number of hydrogen-bond donors (Lipinski definition) is 0. The largest absolute Gasteiger partial charge is 0.462 e. The molecule has 0 amide bonds. The van der Waals surface area contributed by atoms with E-state index < -0.39 is 6.10 Å². The van der Waals surface area contributed by atoms with Crippen LogP contribution >= 0.6 is 0 Å². The second-order valence-electron chi connectivity index (χ2n) is 18.3. The lowest BCUT2D eigenvalue weighted by atomic mass is 10.1. The molecule has 0 rings (SSSR count). The highest BCUT2D eigenvalue weighted by Crippen LogP contribution is 2.13. The van der Waals surface area contributed by atoms with E-state index in [4.69, 9.17) is 14.2 Å². The minimum Gasteiger partial charge on any atom is -0.462 e. The predicted octanol–water partition coefficient (Wildman–Crippen LogP) is 18.5. The third-order valence-corrected chi connectivity index (χ3v) is 11.7. The Balaban J connectivity index is 4.53. The number of carbonyl (C=O) groups excluding carboxylic acids is 3. The van der Waals surface area contributed by atoms with Crippen molar-refractivity contribution in [3.05, 3.63) is 97.2 Å². The highest BCUT2D eigenvalue weighted by Gasteiger charge is 2.19. The average Bonchev–Trinajstić information content (AvgIpc) is 3.33. The zero-order valence-corrected chi connectivity index (χ0v) is 43.6. The van der Waals surface area contributed by atoms with E-state index in [0.29, 0.717) is 12.8 Å². The quantitative estimate of drug-likeness (QED) is 0.0199. The fourth-order valence-electron chi connectivity index (χ4n) is 7.44. The Morgan fingerprint density at radius 1 is 0.313 bits per heavy atom. The monoisotopic (exact) mass is 931 g/mol. The molecule has 0 aliphatic carbocycles. The average molecular weight is 931 g/mol. The third-order valence-electron chi connectivity index (χ3n) is 11.7. The van der Waals surface area contributed by atoms with E-state index in [9.17, 15) is 14.4 Å². The summed E-state index contributed by atoms with van der Waals surface area (Å²) in [5.74, 6) is -1.02. The molecule has 0 N–H and O–H groups in total. The van der Waals surface area contributed by atoms with Crippen LogP contribution in [-0.2, 0) is 28.6 Å². The summed E-state index contributed by atoms with van der Waals surface area (Å²) in [6.45, 7) is 6.51. The molecule has 0 aliphatic rings. The zero-order chi connectivity index (χ0) is 48.6. The molecule has 0 saturated heterocycles. The van der Waals surface area contributed by atoms with E-state index in [2.05, 4.69) is 112 Å². The van der Waals surface area contributed by atoms with Crippen molar-refractivity contribution >= 4 is 17.9 Å². The van der Waals surface area contributed by atoms with E-state index >= 15 is 0 Å². The first-order chi connectivity index (χ1) is 33.0. The van der Waals surface area contributed by atoms with Crippen molar-refractivity contribution in [2.75, 3.05) is 13.2 Å². The van der Waals surface area contributed by atoms with Gasteiger partial charge in [0.05, 0.1) is 0 Å². The first kappa shape index (κ1) is 63.3. The summed E-state index contributed by atoms with van der Waals surface area (Å²) in [7, 11) is 0. The Morgan fingerprint density at radius 2 is 0.627 bits per heavy atom. The molecule has 0 aromatic heterocycles. The summed E-state index contributed by atoms with van der Waals surface area (Å²) in [6.07, 6.45) is 72.6. The molecule has 0 radical (unpaired) electrons. The van der Waals surface area contributed by atoms with Crippen LogP contribution in [-0.4, -0.2) is 37.2 Å². The van der Waals surface area contributed by atoms with Gasteiger partial charge in [-0.1, -0.05) is 240 Å². The maximum absolute atomic E-state index is 12.8. The van der Waals surface area contributed by atoms with Crippen molar-refractivity contribution < 1.29 is 28.6 Å². The number of ether oxygens (including phenoxy) is 3. The number of esters is 3. The van der Waals surface area contributed by atoms with Crippen molar-refractivity contribution in [3.8, 4) is 0 Å². The van der Waals surface area contributed by atoms with E-state index in [0.717, 1.165) is 103 Å². The summed E-state index contributed by atoms with van der Waals surface area (Å²) >= 11 is 0. The molecular weight excluding hydrogens is 829 g/mol. The Morgan fingerprint density at radius 3 is 1.03 bits per heavy atom. The normalized spacial score (nSPS) is 12.8. The number of carbonyl (C=O) groups is 3. The summed E-state index contributed by atoms with van der Waals surface area (Å²) in [5, 5.41) is 0. The molecule has 0 fully saturated rings. The van der Waals surface area contributed by atoms with Crippen LogP contribution < -0.4 is 0 Å². The summed E-state index contributed by atoms with van der Waals surface area (Å²) in [6, 6.07) is 0. The summed E-state index contributed by atoms with van der Waals surface area (Å²) < 4.78 is 16.7. The van der Waals surface area contributed by atoms with Crippen LogP contribution in [0.5, 0.6) is 0 Å². The lowest BCUT2D eigenvalue weighted by molar-refractivity contribution is -0.166. The van der Waals surface area contributed by atoms with E-state index in [-0.39, 0.29) is 44.0 Å². The Kier molecular flexibility index (Phi) is 51.9. The van der Waals surface area contributed by atoms with Gasteiger partial charge in [0, 0.05) is 19.3 Å². The van der Waals surface area contributed by atoms with E-state index in [1.807, 2.05) is 6.08 Å². The molecule has 0 saturated carbocycles. The molecule has 0 bridgehead atoms. The molecule has 1 unspecified atom stereocenters. The lowest BCUT2D eigenvalue weighted by Crippen LogP contribution is -2.30. The maximum atomic E-state index is 12.8. The SMILES string of the molecule is CCCCCCC\C=C/C=C\C=C/CCCCCCCC(=O)OCC(COC(=O)CC/C=C\C/C=C\CCCCCCCC)OC(=O)CCCCCCC\C=C/C=C\C=C/CCCCCCC. The Labute approximate surface area is 413 Å².